The molecular weight excluding hydrogens is 566 g/mol. The first kappa shape index (κ1) is 25.2. The zero-order valence-corrected chi connectivity index (χ0v) is 26.2. The van der Waals surface area contributed by atoms with Crippen molar-refractivity contribution in [3.05, 3.63) is 114 Å². The van der Waals surface area contributed by atoms with Crippen molar-refractivity contribution in [2.45, 2.75) is 59.0 Å². The van der Waals surface area contributed by atoms with Crippen LogP contribution in [-0.2, 0) is 12.8 Å². The average molecular weight is 598 g/mol. The summed E-state index contributed by atoms with van der Waals surface area (Å²) in [5.41, 5.74) is 21.6. The van der Waals surface area contributed by atoms with Crippen molar-refractivity contribution in [1.29, 1.82) is 0 Å². The molecule has 4 heterocycles. The highest BCUT2D eigenvalue weighted by Crippen LogP contribution is 2.48. The van der Waals surface area contributed by atoms with Gasteiger partial charge in [0.25, 0.3) is 5.56 Å². The molecule has 2 atom stereocenters. The summed E-state index contributed by atoms with van der Waals surface area (Å²) in [4.78, 5) is 24.6. The molecule has 3 aliphatic rings. The van der Waals surface area contributed by atoms with E-state index in [-0.39, 0.29) is 17.6 Å². The van der Waals surface area contributed by atoms with Crippen LogP contribution in [0.15, 0.2) is 53.3 Å². The summed E-state index contributed by atoms with van der Waals surface area (Å²) in [5.74, 6) is 1.22. The van der Waals surface area contributed by atoms with Crippen LogP contribution < -0.4 is 16.5 Å². The number of rotatable bonds is 0. The Balaban J connectivity index is 1.26. The molecule has 222 valence electrons. The fraction of sp³-hybridized carbons (Fsp3) is 0.225. The standard InChI is InChI=1S/C40H31N5O/c1-17-13-29-31(15-19(17)3)44-37(41)25-9-5-21-23-7-11-27-36-28(40(46)45-32-16-20(4)18(2)14-30(32)43-39(27)45)12-8-24(34(23)36)22-6-10-26(38(44)42-29)35(25)33(21)22/h5-7,9,11,13-16,26,37H,8,10,12,41H2,1-4H3. The van der Waals surface area contributed by atoms with Crippen LogP contribution in [0.2, 0.25) is 0 Å². The third-order valence-corrected chi connectivity index (χ3v) is 11.7. The zero-order chi connectivity index (χ0) is 30.9. The van der Waals surface area contributed by atoms with E-state index in [2.05, 4.69) is 86.9 Å². The molecule has 3 aromatic heterocycles. The van der Waals surface area contributed by atoms with Gasteiger partial charge in [-0.1, -0.05) is 24.3 Å². The Morgan fingerprint density at radius 1 is 0.739 bits per heavy atom. The number of aryl methyl sites for hydroxylation is 6. The second kappa shape index (κ2) is 8.01. The van der Waals surface area contributed by atoms with Crippen LogP contribution >= 0.6 is 0 Å². The lowest BCUT2D eigenvalue weighted by atomic mass is 9.75. The first-order chi connectivity index (χ1) is 22.3. The minimum atomic E-state index is -0.294. The van der Waals surface area contributed by atoms with E-state index >= 15 is 0 Å². The van der Waals surface area contributed by atoms with Gasteiger partial charge >= 0.3 is 0 Å². The largest absolute Gasteiger partial charge is 0.307 e. The van der Waals surface area contributed by atoms with Crippen molar-refractivity contribution in [3.63, 3.8) is 0 Å². The molecular formula is C40H31N5O. The second-order valence-electron chi connectivity index (χ2n) is 14.0. The number of fused-ring (bicyclic) bond motifs is 10. The van der Waals surface area contributed by atoms with E-state index in [0.717, 1.165) is 69.1 Å². The van der Waals surface area contributed by atoms with Crippen molar-refractivity contribution < 1.29 is 0 Å². The van der Waals surface area contributed by atoms with Crippen molar-refractivity contribution in [3.8, 4) is 0 Å². The Kier molecular flexibility index (Phi) is 4.38. The monoisotopic (exact) mass is 597 g/mol. The molecule has 6 heteroatoms. The lowest BCUT2D eigenvalue weighted by molar-refractivity contribution is 0.534. The smallest absolute Gasteiger partial charge is 0.260 e. The molecule has 2 unspecified atom stereocenters. The molecule has 0 saturated carbocycles. The van der Waals surface area contributed by atoms with Crippen LogP contribution in [0.5, 0.6) is 0 Å². The van der Waals surface area contributed by atoms with Gasteiger partial charge in [-0.15, -0.1) is 0 Å². The molecule has 0 amide bonds. The molecule has 2 aliphatic carbocycles. The number of imidazole rings is 2. The van der Waals surface area contributed by atoms with Gasteiger partial charge in [-0.3, -0.25) is 9.20 Å². The van der Waals surface area contributed by atoms with Crippen molar-refractivity contribution >= 4 is 66.1 Å². The van der Waals surface area contributed by atoms with Gasteiger partial charge in [-0.2, -0.15) is 0 Å². The van der Waals surface area contributed by atoms with Gasteiger partial charge in [-0.25, -0.2) is 9.97 Å². The van der Waals surface area contributed by atoms with E-state index in [1.54, 1.807) is 0 Å². The lowest BCUT2D eigenvalue weighted by Crippen LogP contribution is -2.33. The maximum atomic E-state index is 14.3. The highest BCUT2D eigenvalue weighted by molar-refractivity contribution is 6.23. The molecule has 6 nitrogen and oxygen atoms in total. The van der Waals surface area contributed by atoms with Gasteiger partial charge in [0.15, 0.2) is 0 Å². The van der Waals surface area contributed by atoms with Gasteiger partial charge in [0, 0.05) is 22.3 Å². The molecule has 5 aromatic carbocycles. The van der Waals surface area contributed by atoms with E-state index in [4.69, 9.17) is 15.7 Å². The molecule has 0 radical (unpaired) electrons. The molecule has 1 aliphatic heterocycles. The van der Waals surface area contributed by atoms with Crippen LogP contribution in [0.3, 0.4) is 0 Å². The fourth-order valence-electron chi connectivity index (χ4n) is 9.27. The van der Waals surface area contributed by atoms with Crippen molar-refractivity contribution in [2.75, 3.05) is 0 Å². The summed E-state index contributed by atoms with van der Waals surface area (Å²) in [5, 5.41) is 8.48. The Morgan fingerprint density at radius 2 is 1.37 bits per heavy atom. The maximum Gasteiger partial charge on any atom is 0.260 e. The molecule has 11 rings (SSSR count). The molecule has 2 N–H and O–H groups in total. The first-order valence-corrected chi connectivity index (χ1v) is 16.4. The highest BCUT2D eigenvalue weighted by Gasteiger charge is 2.37. The molecule has 0 fully saturated rings. The van der Waals surface area contributed by atoms with E-state index in [1.807, 2.05) is 4.40 Å². The highest BCUT2D eigenvalue weighted by atomic mass is 16.1. The van der Waals surface area contributed by atoms with Crippen molar-refractivity contribution in [2.24, 2.45) is 5.73 Å². The number of nitrogens with two attached hydrogens (primary N) is 1. The Labute approximate surface area is 263 Å². The first-order valence-electron chi connectivity index (χ1n) is 16.4. The molecule has 0 bridgehead atoms. The van der Waals surface area contributed by atoms with Gasteiger partial charge in [0.05, 0.1) is 22.1 Å². The van der Waals surface area contributed by atoms with Crippen LogP contribution in [0.25, 0.3) is 66.1 Å². The number of hydrogen-bond acceptors (Lipinski definition) is 4. The van der Waals surface area contributed by atoms with E-state index in [9.17, 15) is 4.79 Å². The number of benzene rings is 5. The molecule has 0 saturated heterocycles. The van der Waals surface area contributed by atoms with Gasteiger partial charge in [0.1, 0.15) is 17.6 Å². The second-order valence-corrected chi connectivity index (χ2v) is 14.0. The van der Waals surface area contributed by atoms with Gasteiger partial charge < -0.3 is 10.3 Å². The summed E-state index contributed by atoms with van der Waals surface area (Å²) in [6.45, 7) is 8.52. The van der Waals surface area contributed by atoms with E-state index in [1.165, 1.54) is 65.7 Å². The van der Waals surface area contributed by atoms with Crippen LogP contribution in [-0.4, -0.2) is 18.9 Å². The predicted octanol–water partition coefficient (Wildman–Crippen LogP) is 6.84. The normalized spacial score (nSPS) is 18.1. The summed E-state index contributed by atoms with van der Waals surface area (Å²) in [7, 11) is 0. The number of hydrogen-bond donors (Lipinski definition) is 1. The van der Waals surface area contributed by atoms with Crippen LogP contribution in [0, 0.1) is 27.7 Å². The molecule has 8 aromatic rings. The Morgan fingerprint density at radius 3 is 2.17 bits per heavy atom. The fourth-order valence-corrected chi connectivity index (χ4v) is 9.27. The lowest BCUT2D eigenvalue weighted by Gasteiger charge is -2.35. The zero-order valence-electron chi connectivity index (χ0n) is 26.2. The quantitative estimate of drug-likeness (QED) is 0.194. The average Bonchev–Trinajstić information content (AvgIpc) is 3.60. The summed E-state index contributed by atoms with van der Waals surface area (Å²) >= 11 is 0. The summed E-state index contributed by atoms with van der Waals surface area (Å²) in [6.07, 6.45) is 4.60. The van der Waals surface area contributed by atoms with Crippen molar-refractivity contribution in [1.82, 2.24) is 18.9 Å². The maximum absolute atomic E-state index is 14.3. The number of nitrogens with zero attached hydrogens (tertiary/aromatic N) is 4. The third-order valence-electron chi connectivity index (χ3n) is 11.7. The minimum Gasteiger partial charge on any atom is -0.307 e. The van der Waals surface area contributed by atoms with Crippen LogP contribution in [0.1, 0.15) is 68.8 Å². The summed E-state index contributed by atoms with van der Waals surface area (Å²) < 4.78 is 4.15. The number of aromatic nitrogens is 4. The molecule has 0 spiro atoms. The minimum absolute atomic E-state index is 0.0741. The topological polar surface area (TPSA) is 78.2 Å². The molecule has 46 heavy (non-hydrogen) atoms. The Hall–Kier alpha value is -5.07. The summed E-state index contributed by atoms with van der Waals surface area (Å²) in [6, 6.07) is 17.7. The van der Waals surface area contributed by atoms with Crippen LogP contribution in [0.4, 0.5) is 0 Å². The SMILES string of the molecule is Cc1cc2nc3n(c2cc1C)C(N)c1ccc2c4c1C3CC=c4c1c3c2ccc2c3c(c(=O)n3c4cc(C)c(C)cc4nc23)CC1. The van der Waals surface area contributed by atoms with Gasteiger partial charge in [-0.05, 0) is 143 Å². The van der Waals surface area contributed by atoms with E-state index in [0.29, 0.717) is 0 Å². The Bertz CT molecular complexity index is 2930. The third kappa shape index (κ3) is 2.74. The number of pyridine rings is 1. The van der Waals surface area contributed by atoms with E-state index < -0.39 is 0 Å². The van der Waals surface area contributed by atoms with Gasteiger partial charge in [0.2, 0.25) is 0 Å². The predicted molar refractivity (Wildman–Crippen MR) is 186 cm³/mol.